The van der Waals surface area contributed by atoms with E-state index < -0.39 is 40.9 Å². The van der Waals surface area contributed by atoms with Crippen molar-refractivity contribution in [3.63, 3.8) is 0 Å². The van der Waals surface area contributed by atoms with Crippen LogP contribution in [0.5, 0.6) is 0 Å². The summed E-state index contributed by atoms with van der Waals surface area (Å²) in [5, 5.41) is 31.5. The number of carbonyl (C=O) groups excluding carboxylic acids is 1. The molecule has 0 bridgehead atoms. The summed E-state index contributed by atoms with van der Waals surface area (Å²) in [6.07, 6.45) is -4.14. The molecule has 6 N–H and O–H groups in total. The molecular weight excluding hydrogens is 308 g/mol. The lowest BCUT2D eigenvalue weighted by molar-refractivity contribution is -0.521. The molecule has 3 atom stereocenters. The molecule has 0 saturated heterocycles. The Balaban J connectivity index is 4.87. The third kappa shape index (κ3) is 9.10. The number of nitriles is 1. The number of nitrogens with two attached hydrogens (primary N) is 2. The molecule has 1 amide bonds. The van der Waals surface area contributed by atoms with Gasteiger partial charge in [0.25, 0.3) is 0 Å². The molecule has 0 spiro atoms. The summed E-state index contributed by atoms with van der Waals surface area (Å²) >= 11 is 0. The van der Waals surface area contributed by atoms with Crippen molar-refractivity contribution in [1.82, 2.24) is 5.32 Å². The molecule has 130 valence electrons. The standard InChI is InChI=1S/C12H22N6O5/c1-12(2,3)23-11(20)16-7(8(19)6-13)4-5-9(18(21)22)17-10(14)15/h7-9,19H,4-5H2,1-3H3,(H,16,20)(H4,14,15,17)/t7-,8?,9?/m0/s1. The largest absolute Gasteiger partial charge is 0.444 e. The first-order valence-corrected chi connectivity index (χ1v) is 6.75. The summed E-state index contributed by atoms with van der Waals surface area (Å²) in [6, 6.07) is 0.494. The van der Waals surface area contributed by atoms with E-state index in [1.165, 1.54) is 0 Å². The van der Waals surface area contributed by atoms with E-state index in [0.29, 0.717) is 0 Å². The maximum Gasteiger partial charge on any atom is 0.407 e. The Labute approximate surface area is 133 Å². The van der Waals surface area contributed by atoms with Crippen LogP contribution >= 0.6 is 0 Å². The SMILES string of the molecule is CC(C)(C)OC(=O)N[C@@H](CCC(N=C(N)N)[N+](=O)[O-])C(O)C#N. The van der Waals surface area contributed by atoms with Gasteiger partial charge in [-0.25, -0.2) is 4.79 Å². The minimum absolute atomic E-state index is 0.101. The normalized spacial score (nSPS) is 14.7. The Morgan fingerprint density at radius 3 is 2.43 bits per heavy atom. The molecule has 2 unspecified atom stereocenters. The molecule has 0 aromatic heterocycles. The van der Waals surface area contributed by atoms with E-state index in [4.69, 9.17) is 21.5 Å². The average Bonchev–Trinajstić information content (AvgIpc) is 2.38. The van der Waals surface area contributed by atoms with Gasteiger partial charge >= 0.3 is 12.3 Å². The first kappa shape index (κ1) is 20.4. The van der Waals surface area contributed by atoms with Crippen LogP contribution in [-0.2, 0) is 4.74 Å². The van der Waals surface area contributed by atoms with Crippen LogP contribution < -0.4 is 16.8 Å². The number of nitro groups is 1. The van der Waals surface area contributed by atoms with E-state index in [0.717, 1.165) is 0 Å². The van der Waals surface area contributed by atoms with E-state index in [9.17, 15) is 20.0 Å². The third-order valence-electron chi connectivity index (χ3n) is 2.49. The Hall–Kier alpha value is -2.61. The lowest BCUT2D eigenvalue weighted by Gasteiger charge is -2.24. The topological polar surface area (TPSA) is 190 Å². The predicted molar refractivity (Wildman–Crippen MR) is 80.6 cm³/mol. The van der Waals surface area contributed by atoms with Crippen molar-refractivity contribution in [2.75, 3.05) is 0 Å². The summed E-state index contributed by atoms with van der Waals surface area (Å²) in [7, 11) is 0. The highest BCUT2D eigenvalue weighted by Gasteiger charge is 2.28. The van der Waals surface area contributed by atoms with Crippen LogP contribution in [0, 0.1) is 21.4 Å². The fraction of sp³-hybridized carbons (Fsp3) is 0.750. The fourth-order valence-corrected chi connectivity index (χ4v) is 1.58. The number of amides is 1. The van der Waals surface area contributed by atoms with Gasteiger partial charge in [0.2, 0.25) is 0 Å². The van der Waals surface area contributed by atoms with Gasteiger partial charge in [0.15, 0.2) is 12.1 Å². The number of alkyl carbamates (subject to hydrolysis) is 1. The van der Waals surface area contributed by atoms with Crippen molar-refractivity contribution in [2.24, 2.45) is 16.5 Å². The molecule has 0 radical (unpaired) electrons. The second-order valence-electron chi connectivity index (χ2n) is 5.72. The van der Waals surface area contributed by atoms with Crippen molar-refractivity contribution in [1.29, 1.82) is 5.26 Å². The number of aliphatic hydroxyl groups is 1. The molecule has 0 saturated carbocycles. The summed E-state index contributed by atoms with van der Waals surface area (Å²) < 4.78 is 5.01. The molecular formula is C12H22N6O5. The first-order valence-electron chi connectivity index (χ1n) is 6.75. The van der Waals surface area contributed by atoms with Crippen LogP contribution in [0.15, 0.2) is 4.99 Å². The van der Waals surface area contributed by atoms with Crippen molar-refractivity contribution in [2.45, 2.75) is 57.5 Å². The number of aliphatic hydroxyl groups excluding tert-OH is 1. The zero-order valence-electron chi connectivity index (χ0n) is 13.2. The number of nitrogens with zero attached hydrogens (tertiary/aromatic N) is 3. The minimum Gasteiger partial charge on any atom is -0.444 e. The molecule has 11 heteroatoms. The maximum atomic E-state index is 11.7. The fourth-order valence-electron chi connectivity index (χ4n) is 1.58. The van der Waals surface area contributed by atoms with Crippen LogP contribution in [0.1, 0.15) is 33.6 Å². The van der Waals surface area contributed by atoms with Crippen LogP contribution in [0.25, 0.3) is 0 Å². The van der Waals surface area contributed by atoms with Crippen LogP contribution in [0.2, 0.25) is 0 Å². The van der Waals surface area contributed by atoms with Crippen LogP contribution in [-0.4, -0.2) is 46.0 Å². The van der Waals surface area contributed by atoms with E-state index >= 15 is 0 Å². The minimum atomic E-state index is -1.56. The summed E-state index contributed by atoms with van der Waals surface area (Å²) in [5.41, 5.74) is 9.44. The molecule has 0 aromatic rings. The first-order chi connectivity index (χ1) is 10.5. The smallest absolute Gasteiger partial charge is 0.407 e. The molecule has 0 aliphatic rings. The molecule has 0 rings (SSSR count). The van der Waals surface area contributed by atoms with Crippen LogP contribution in [0.3, 0.4) is 0 Å². The lowest BCUT2D eigenvalue weighted by atomic mass is 10.1. The van der Waals surface area contributed by atoms with E-state index in [-0.39, 0.29) is 12.8 Å². The summed E-state index contributed by atoms with van der Waals surface area (Å²) in [5.74, 6) is -0.454. The molecule has 0 aliphatic carbocycles. The quantitative estimate of drug-likeness (QED) is 0.157. The van der Waals surface area contributed by atoms with Gasteiger partial charge in [0.1, 0.15) is 5.60 Å². The number of carbonyl (C=O) groups is 1. The van der Waals surface area contributed by atoms with Crippen molar-refractivity contribution < 1.29 is 19.6 Å². The Bertz CT molecular complexity index is 491. The zero-order valence-corrected chi connectivity index (χ0v) is 13.2. The van der Waals surface area contributed by atoms with Gasteiger partial charge in [-0.05, 0) is 27.2 Å². The second-order valence-corrected chi connectivity index (χ2v) is 5.72. The Kier molecular flexibility index (Phi) is 7.75. The molecule has 0 fully saturated rings. The number of ether oxygens (including phenoxy) is 1. The molecule has 23 heavy (non-hydrogen) atoms. The number of hydrogen-bond acceptors (Lipinski definition) is 7. The van der Waals surface area contributed by atoms with Crippen LogP contribution in [0.4, 0.5) is 4.79 Å². The number of hydrogen-bond donors (Lipinski definition) is 4. The van der Waals surface area contributed by atoms with Gasteiger partial charge in [0, 0.05) is 11.3 Å². The summed E-state index contributed by atoms with van der Waals surface area (Å²) in [4.78, 5) is 25.3. The molecule has 0 aromatic carbocycles. The maximum absolute atomic E-state index is 11.7. The number of rotatable bonds is 7. The lowest BCUT2D eigenvalue weighted by Crippen LogP contribution is -2.45. The molecule has 11 nitrogen and oxygen atoms in total. The second kappa shape index (κ2) is 8.74. The van der Waals surface area contributed by atoms with Gasteiger partial charge in [-0.15, -0.1) is 0 Å². The number of aliphatic imine (C=N–C) groups is 1. The predicted octanol–water partition coefficient (Wildman–Crippen LogP) is -0.579. The van der Waals surface area contributed by atoms with Gasteiger partial charge in [-0.3, -0.25) is 10.1 Å². The van der Waals surface area contributed by atoms with E-state index in [1.807, 2.05) is 0 Å². The van der Waals surface area contributed by atoms with Gasteiger partial charge < -0.3 is 26.6 Å². The molecule has 0 aliphatic heterocycles. The summed E-state index contributed by atoms with van der Waals surface area (Å²) in [6.45, 7) is 4.93. The van der Waals surface area contributed by atoms with Crippen molar-refractivity contribution in [3.8, 4) is 6.07 Å². The average molecular weight is 330 g/mol. The Morgan fingerprint density at radius 2 is 2.04 bits per heavy atom. The third-order valence-corrected chi connectivity index (χ3v) is 2.49. The Morgan fingerprint density at radius 1 is 1.48 bits per heavy atom. The van der Waals surface area contributed by atoms with Gasteiger partial charge in [-0.1, -0.05) is 0 Å². The van der Waals surface area contributed by atoms with E-state index in [2.05, 4.69) is 10.3 Å². The van der Waals surface area contributed by atoms with Gasteiger partial charge in [-0.2, -0.15) is 10.3 Å². The molecule has 0 heterocycles. The number of guanidine groups is 1. The highest BCUT2D eigenvalue weighted by atomic mass is 16.6. The monoisotopic (exact) mass is 330 g/mol. The number of nitrogens with one attached hydrogen (secondary N) is 1. The van der Waals surface area contributed by atoms with Gasteiger partial charge in [0.05, 0.1) is 12.1 Å². The highest BCUT2D eigenvalue weighted by Crippen LogP contribution is 2.11. The zero-order chi connectivity index (χ0) is 18.2. The van der Waals surface area contributed by atoms with E-state index in [1.54, 1.807) is 26.8 Å². The highest BCUT2D eigenvalue weighted by molar-refractivity contribution is 5.75. The van der Waals surface area contributed by atoms with Crippen molar-refractivity contribution in [3.05, 3.63) is 10.1 Å². The van der Waals surface area contributed by atoms with Crippen molar-refractivity contribution >= 4 is 12.1 Å².